The second-order valence-corrected chi connectivity index (χ2v) is 5.14. The molecule has 3 N–H and O–H groups in total. The van der Waals surface area contributed by atoms with E-state index in [1.54, 1.807) is 18.2 Å². The lowest BCUT2D eigenvalue weighted by atomic mass is 10.2. The summed E-state index contributed by atoms with van der Waals surface area (Å²) >= 11 is 3.25. The van der Waals surface area contributed by atoms with Crippen LogP contribution in [0.3, 0.4) is 0 Å². The van der Waals surface area contributed by atoms with Crippen LogP contribution in [0.1, 0.15) is 13.3 Å². The Labute approximate surface area is 116 Å². The Morgan fingerprint density at radius 1 is 1.26 bits per heavy atom. The third-order valence-electron chi connectivity index (χ3n) is 2.63. The van der Waals surface area contributed by atoms with Crippen LogP contribution in [-0.4, -0.2) is 20.7 Å². The maximum Gasteiger partial charge on any atom is 0.314 e. The van der Waals surface area contributed by atoms with Gasteiger partial charge < -0.3 is 15.3 Å². The summed E-state index contributed by atoms with van der Waals surface area (Å²) in [5.74, 6) is -0.159. The van der Waals surface area contributed by atoms with Crippen molar-refractivity contribution in [2.45, 2.75) is 18.2 Å². The molecule has 0 saturated heterocycles. The Balaban J connectivity index is 2.37. The van der Waals surface area contributed by atoms with Gasteiger partial charge in [-0.2, -0.15) is 0 Å². The molecule has 0 fully saturated rings. The molecule has 1 aromatic carbocycles. The lowest BCUT2D eigenvalue weighted by Crippen LogP contribution is -2.29. The van der Waals surface area contributed by atoms with E-state index in [-0.39, 0.29) is 10.7 Å². The predicted molar refractivity (Wildman–Crippen MR) is 76.8 cm³/mol. The van der Waals surface area contributed by atoms with Crippen molar-refractivity contribution in [2.75, 3.05) is 5.32 Å². The standard InChI is InChI=1S/C12H12BrN3O3/c1-2-7(13)10(17)14-6-3-4-8-9(5-6)16-12(19)11(18)15-8/h3-5,7H,2H2,1H3,(H,14,17)(H,15,18)(H,16,19). The number of amides is 1. The van der Waals surface area contributed by atoms with Crippen LogP contribution < -0.4 is 16.4 Å². The van der Waals surface area contributed by atoms with Crippen LogP contribution in [0.15, 0.2) is 27.8 Å². The highest BCUT2D eigenvalue weighted by Gasteiger charge is 2.12. The van der Waals surface area contributed by atoms with Gasteiger partial charge in [-0.15, -0.1) is 0 Å². The second kappa shape index (κ2) is 5.40. The molecule has 1 aromatic heterocycles. The number of anilines is 1. The molecule has 2 rings (SSSR count). The number of nitrogens with one attached hydrogen (secondary N) is 3. The van der Waals surface area contributed by atoms with E-state index < -0.39 is 11.1 Å². The smallest absolute Gasteiger partial charge is 0.314 e. The third-order valence-corrected chi connectivity index (χ3v) is 3.70. The number of carbonyl (C=O) groups is 1. The van der Waals surface area contributed by atoms with E-state index in [0.717, 1.165) is 0 Å². The van der Waals surface area contributed by atoms with Crippen molar-refractivity contribution in [3.8, 4) is 0 Å². The molecule has 0 aliphatic rings. The number of hydrogen-bond donors (Lipinski definition) is 3. The number of fused-ring (bicyclic) bond motifs is 1. The fourth-order valence-electron chi connectivity index (χ4n) is 1.60. The lowest BCUT2D eigenvalue weighted by molar-refractivity contribution is -0.115. The molecule has 100 valence electrons. The summed E-state index contributed by atoms with van der Waals surface area (Å²) in [6, 6.07) is 4.88. The quantitative estimate of drug-likeness (QED) is 0.586. The summed E-state index contributed by atoms with van der Waals surface area (Å²) in [6.45, 7) is 1.89. The first-order chi connectivity index (χ1) is 9.01. The van der Waals surface area contributed by atoms with Gasteiger partial charge in [-0.1, -0.05) is 22.9 Å². The minimum absolute atomic E-state index is 0.159. The van der Waals surface area contributed by atoms with Crippen molar-refractivity contribution in [3.05, 3.63) is 38.9 Å². The highest BCUT2D eigenvalue weighted by Crippen LogP contribution is 2.15. The van der Waals surface area contributed by atoms with E-state index in [1.165, 1.54) is 0 Å². The van der Waals surface area contributed by atoms with Gasteiger partial charge in [-0.05, 0) is 24.6 Å². The Kier molecular flexibility index (Phi) is 3.84. The van der Waals surface area contributed by atoms with Crippen molar-refractivity contribution in [1.82, 2.24) is 9.97 Å². The monoisotopic (exact) mass is 325 g/mol. The average molecular weight is 326 g/mol. The minimum atomic E-state index is -0.720. The molecule has 6 nitrogen and oxygen atoms in total. The van der Waals surface area contributed by atoms with Crippen LogP contribution in [-0.2, 0) is 4.79 Å². The summed E-state index contributed by atoms with van der Waals surface area (Å²) in [5, 5.41) is 2.72. The maximum absolute atomic E-state index is 11.7. The van der Waals surface area contributed by atoms with Gasteiger partial charge >= 0.3 is 11.1 Å². The predicted octanol–water partition coefficient (Wildman–Crippen LogP) is 1.33. The Morgan fingerprint density at radius 2 is 1.89 bits per heavy atom. The van der Waals surface area contributed by atoms with Gasteiger partial charge in [0.1, 0.15) is 0 Å². The highest BCUT2D eigenvalue weighted by molar-refractivity contribution is 9.10. The maximum atomic E-state index is 11.7. The molecule has 1 atom stereocenters. The number of carbonyl (C=O) groups excluding carboxylic acids is 1. The molecule has 19 heavy (non-hydrogen) atoms. The van der Waals surface area contributed by atoms with Crippen molar-refractivity contribution in [2.24, 2.45) is 0 Å². The van der Waals surface area contributed by atoms with E-state index in [4.69, 9.17) is 0 Å². The number of rotatable bonds is 3. The normalized spacial score (nSPS) is 12.3. The highest BCUT2D eigenvalue weighted by atomic mass is 79.9. The van der Waals surface area contributed by atoms with Gasteiger partial charge in [-0.25, -0.2) is 0 Å². The Hall–Kier alpha value is -1.89. The summed E-state index contributed by atoms with van der Waals surface area (Å²) in [7, 11) is 0. The fraction of sp³-hybridized carbons (Fsp3) is 0.250. The number of H-pyrrole nitrogens is 2. The zero-order chi connectivity index (χ0) is 14.0. The molecule has 2 aromatic rings. The van der Waals surface area contributed by atoms with Crippen LogP contribution in [0.4, 0.5) is 5.69 Å². The zero-order valence-electron chi connectivity index (χ0n) is 10.1. The van der Waals surface area contributed by atoms with Gasteiger partial charge in [0.2, 0.25) is 5.91 Å². The molecule has 0 aliphatic carbocycles. The van der Waals surface area contributed by atoms with E-state index in [1.807, 2.05) is 6.92 Å². The molecular formula is C12H12BrN3O3. The molecular weight excluding hydrogens is 314 g/mol. The van der Waals surface area contributed by atoms with E-state index in [9.17, 15) is 14.4 Å². The topological polar surface area (TPSA) is 94.8 Å². The molecule has 0 spiro atoms. The second-order valence-electron chi connectivity index (χ2n) is 4.03. The fourth-order valence-corrected chi connectivity index (χ4v) is 1.71. The van der Waals surface area contributed by atoms with Crippen molar-refractivity contribution >= 4 is 38.6 Å². The van der Waals surface area contributed by atoms with Gasteiger partial charge in [0, 0.05) is 5.69 Å². The van der Waals surface area contributed by atoms with Crippen LogP contribution >= 0.6 is 15.9 Å². The molecule has 0 saturated carbocycles. The first-order valence-electron chi connectivity index (χ1n) is 5.72. The number of alkyl halides is 1. The molecule has 0 radical (unpaired) electrons. The SMILES string of the molecule is CCC(Br)C(=O)Nc1ccc2[nH]c(=O)c(=O)[nH]c2c1. The van der Waals surface area contributed by atoms with Crippen LogP contribution in [0, 0.1) is 0 Å². The van der Waals surface area contributed by atoms with Gasteiger partial charge in [-0.3, -0.25) is 14.4 Å². The van der Waals surface area contributed by atoms with Crippen LogP contribution in [0.25, 0.3) is 11.0 Å². The van der Waals surface area contributed by atoms with Crippen molar-refractivity contribution in [3.63, 3.8) is 0 Å². The van der Waals surface area contributed by atoms with Crippen LogP contribution in [0.2, 0.25) is 0 Å². The Morgan fingerprint density at radius 3 is 2.53 bits per heavy atom. The first kappa shape index (κ1) is 13.5. The van der Waals surface area contributed by atoms with E-state index in [0.29, 0.717) is 23.1 Å². The van der Waals surface area contributed by atoms with Crippen molar-refractivity contribution in [1.29, 1.82) is 0 Å². The molecule has 1 heterocycles. The zero-order valence-corrected chi connectivity index (χ0v) is 11.7. The van der Waals surface area contributed by atoms with Gasteiger partial charge in [0.05, 0.1) is 15.9 Å². The Bertz CT molecular complexity index is 735. The summed E-state index contributed by atoms with van der Waals surface area (Å²) in [4.78, 5) is 38.7. The molecule has 1 unspecified atom stereocenters. The largest absolute Gasteiger partial charge is 0.325 e. The number of halogens is 1. The van der Waals surface area contributed by atoms with Crippen molar-refractivity contribution < 1.29 is 4.79 Å². The summed E-state index contributed by atoms with van der Waals surface area (Å²) in [6.07, 6.45) is 0.670. The third kappa shape index (κ3) is 2.93. The van der Waals surface area contributed by atoms with Gasteiger partial charge in [0.25, 0.3) is 0 Å². The van der Waals surface area contributed by atoms with Gasteiger partial charge in [0.15, 0.2) is 0 Å². The van der Waals surface area contributed by atoms with E-state index in [2.05, 4.69) is 31.2 Å². The number of benzene rings is 1. The molecule has 1 amide bonds. The van der Waals surface area contributed by atoms with Crippen LogP contribution in [0.5, 0.6) is 0 Å². The summed E-state index contributed by atoms with van der Waals surface area (Å²) in [5.41, 5.74) is 0.107. The lowest BCUT2D eigenvalue weighted by Gasteiger charge is -2.09. The average Bonchev–Trinajstić information content (AvgIpc) is 2.39. The molecule has 7 heteroatoms. The molecule has 0 aliphatic heterocycles. The number of aromatic nitrogens is 2. The number of aromatic amines is 2. The molecule has 0 bridgehead atoms. The van der Waals surface area contributed by atoms with E-state index >= 15 is 0 Å². The first-order valence-corrected chi connectivity index (χ1v) is 6.64. The minimum Gasteiger partial charge on any atom is -0.325 e. The number of hydrogen-bond acceptors (Lipinski definition) is 3. The summed E-state index contributed by atoms with van der Waals surface area (Å²) < 4.78 is 0.